The molecule has 0 radical (unpaired) electrons. The van der Waals surface area contributed by atoms with Crippen LogP contribution >= 0.6 is 0 Å². The molecule has 0 amide bonds. The summed E-state index contributed by atoms with van der Waals surface area (Å²) in [5.41, 5.74) is 2.09. The van der Waals surface area contributed by atoms with Gasteiger partial charge in [-0.25, -0.2) is 0 Å². The molecule has 0 aliphatic heterocycles. The van der Waals surface area contributed by atoms with Gasteiger partial charge in [-0.15, -0.1) is 0 Å². The summed E-state index contributed by atoms with van der Waals surface area (Å²) in [6.07, 6.45) is 12.8. The van der Waals surface area contributed by atoms with Crippen LogP contribution in [0, 0.1) is 34.5 Å². The van der Waals surface area contributed by atoms with Gasteiger partial charge in [-0.2, -0.15) is 0 Å². The number of fused-ring (bicyclic) bond motifs is 5. The van der Waals surface area contributed by atoms with Crippen molar-refractivity contribution in [3.63, 3.8) is 0 Å². The van der Waals surface area contributed by atoms with Crippen molar-refractivity contribution < 1.29 is 5.11 Å². The van der Waals surface area contributed by atoms with Crippen LogP contribution in [0.15, 0.2) is 23.9 Å². The Morgan fingerprint density at radius 3 is 2.62 bits per heavy atom. The monoisotopic (exact) mass is 330 g/mol. The van der Waals surface area contributed by atoms with Crippen LogP contribution in [0.2, 0.25) is 0 Å². The second-order valence-electron chi connectivity index (χ2n) is 9.21. The number of aliphatic hydroxyl groups is 1. The van der Waals surface area contributed by atoms with Crippen molar-refractivity contribution in [2.24, 2.45) is 34.5 Å². The van der Waals surface area contributed by atoms with Gasteiger partial charge in [0, 0.05) is 24.7 Å². The van der Waals surface area contributed by atoms with E-state index in [9.17, 15) is 5.11 Å². The highest BCUT2D eigenvalue weighted by Gasteiger charge is 2.59. The summed E-state index contributed by atoms with van der Waals surface area (Å²) in [5.74, 6) is 2.58. The molecule has 4 rings (SSSR count). The van der Waals surface area contributed by atoms with E-state index in [1.54, 1.807) is 0 Å². The fraction of sp³-hybridized carbons (Fsp3) is 0.810. The van der Waals surface area contributed by atoms with Crippen LogP contribution < -0.4 is 10.6 Å². The Balaban J connectivity index is 1.76. The maximum atomic E-state index is 10.1. The Hall–Kier alpha value is -0.800. The number of aliphatic hydroxyl groups excluding tert-OH is 1. The maximum Gasteiger partial charge on any atom is 0.0727 e. The molecule has 0 aromatic carbocycles. The zero-order valence-corrected chi connectivity index (χ0v) is 15.7. The van der Waals surface area contributed by atoms with Crippen molar-refractivity contribution in [2.75, 3.05) is 14.1 Å². The van der Waals surface area contributed by atoms with Crippen LogP contribution in [0.5, 0.6) is 0 Å². The standard InChI is InChI=1S/C21H34N2O/c1-20-9-7-14(24)11-13(20)12-17(22-3)19-15-5-6-18(23-4)21(15,2)10-8-16(19)20/h7,9,12-16,18-19,22-24H,5-6,8,10-11H2,1-4H3/t13?,14?,15-,16+,18?,19-,20-,21-/m0/s1. The van der Waals surface area contributed by atoms with Gasteiger partial charge in [-0.1, -0.05) is 32.1 Å². The second kappa shape index (κ2) is 5.60. The number of allylic oxidation sites excluding steroid dienone is 3. The average Bonchev–Trinajstić information content (AvgIpc) is 2.91. The van der Waals surface area contributed by atoms with Gasteiger partial charge in [0.1, 0.15) is 0 Å². The molecule has 4 aliphatic rings. The molecule has 0 aromatic rings. The number of rotatable bonds is 2. The Bertz CT molecular complexity index is 570. The van der Waals surface area contributed by atoms with Crippen LogP contribution in [0.4, 0.5) is 0 Å². The van der Waals surface area contributed by atoms with E-state index >= 15 is 0 Å². The first-order chi connectivity index (χ1) is 11.4. The third-order valence-electron chi connectivity index (χ3n) is 8.42. The van der Waals surface area contributed by atoms with Crippen molar-refractivity contribution in [1.29, 1.82) is 0 Å². The Morgan fingerprint density at radius 2 is 1.92 bits per heavy atom. The largest absolute Gasteiger partial charge is 0.391 e. The minimum absolute atomic E-state index is 0.212. The highest BCUT2D eigenvalue weighted by Crippen LogP contribution is 2.64. The van der Waals surface area contributed by atoms with Crippen molar-refractivity contribution in [2.45, 2.75) is 58.1 Å². The lowest BCUT2D eigenvalue weighted by atomic mass is 9.47. The molecule has 0 saturated heterocycles. The van der Waals surface area contributed by atoms with E-state index in [4.69, 9.17) is 0 Å². The van der Waals surface area contributed by atoms with Crippen LogP contribution in [-0.2, 0) is 0 Å². The minimum atomic E-state index is -0.275. The summed E-state index contributed by atoms with van der Waals surface area (Å²) in [6.45, 7) is 4.98. The molecular weight excluding hydrogens is 296 g/mol. The maximum absolute atomic E-state index is 10.1. The molecule has 3 unspecified atom stereocenters. The van der Waals surface area contributed by atoms with E-state index in [1.807, 2.05) is 0 Å². The highest BCUT2D eigenvalue weighted by molar-refractivity contribution is 5.28. The summed E-state index contributed by atoms with van der Waals surface area (Å²) >= 11 is 0. The van der Waals surface area contributed by atoms with E-state index in [0.717, 1.165) is 12.3 Å². The topological polar surface area (TPSA) is 44.3 Å². The zero-order chi connectivity index (χ0) is 17.1. The molecule has 3 heteroatoms. The first kappa shape index (κ1) is 16.7. The van der Waals surface area contributed by atoms with Gasteiger partial charge in [0.2, 0.25) is 0 Å². The van der Waals surface area contributed by atoms with Crippen LogP contribution in [0.1, 0.15) is 46.0 Å². The van der Waals surface area contributed by atoms with Gasteiger partial charge in [0.05, 0.1) is 6.10 Å². The van der Waals surface area contributed by atoms with E-state index in [1.165, 1.54) is 31.4 Å². The van der Waals surface area contributed by atoms with Gasteiger partial charge in [-0.3, -0.25) is 0 Å². The lowest BCUT2D eigenvalue weighted by Gasteiger charge is -2.58. The van der Waals surface area contributed by atoms with E-state index in [2.05, 4.69) is 56.8 Å². The van der Waals surface area contributed by atoms with E-state index < -0.39 is 0 Å². The predicted molar refractivity (Wildman–Crippen MR) is 98.4 cm³/mol. The summed E-state index contributed by atoms with van der Waals surface area (Å²) in [4.78, 5) is 0. The van der Waals surface area contributed by atoms with Crippen molar-refractivity contribution in [1.82, 2.24) is 10.6 Å². The van der Waals surface area contributed by atoms with Gasteiger partial charge >= 0.3 is 0 Å². The van der Waals surface area contributed by atoms with Crippen molar-refractivity contribution >= 4 is 0 Å². The smallest absolute Gasteiger partial charge is 0.0727 e. The fourth-order valence-electron chi connectivity index (χ4n) is 7.00. The molecule has 8 atom stereocenters. The molecule has 4 aliphatic carbocycles. The molecule has 0 bridgehead atoms. The third-order valence-corrected chi connectivity index (χ3v) is 8.42. The molecule has 0 spiro atoms. The fourth-order valence-corrected chi connectivity index (χ4v) is 7.00. The molecular formula is C21H34N2O. The van der Waals surface area contributed by atoms with Gasteiger partial charge in [0.25, 0.3) is 0 Å². The molecule has 24 heavy (non-hydrogen) atoms. The number of nitrogens with one attached hydrogen (secondary N) is 2. The summed E-state index contributed by atoms with van der Waals surface area (Å²) < 4.78 is 0. The molecule has 2 saturated carbocycles. The summed E-state index contributed by atoms with van der Waals surface area (Å²) in [6, 6.07) is 0.663. The highest BCUT2D eigenvalue weighted by atomic mass is 16.3. The Labute approximate surface area is 147 Å². The summed E-state index contributed by atoms with van der Waals surface area (Å²) in [5, 5.41) is 17.3. The Morgan fingerprint density at radius 1 is 1.12 bits per heavy atom. The quantitative estimate of drug-likeness (QED) is 0.682. The second-order valence-corrected chi connectivity index (χ2v) is 9.21. The number of hydrogen-bond donors (Lipinski definition) is 3. The molecule has 3 nitrogen and oxygen atoms in total. The molecule has 0 aromatic heterocycles. The average molecular weight is 331 g/mol. The minimum Gasteiger partial charge on any atom is -0.391 e. The Kier molecular flexibility index (Phi) is 3.89. The molecule has 0 heterocycles. The van der Waals surface area contributed by atoms with Gasteiger partial charge in [-0.05, 0) is 67.7 Å². The molecule has 2 fully saturated rings. The van der Waals surface area contributed by atoms with Gasteiger partial charge < -0.3 is 15.7 Å². The van der Waals surface area contributed by atoms with Crippen LogP contribution in [0.3, 0.4) is 0 Å². The van der Waals surface area contributed by atoms with E-state index in [-0.39, 0.29) is 11.5 Å². The SMILES string of the molecule is CNC1=CC2CC(O)C=C[C@]2(C)[C@@H]2CC[C@]3(C)C(NC)CC[C@H]3[C@H]12. The molecule has 134 valence electrons. The third kappa shape index (κ3) is 2.10. The van der Waals surface area contributed by atoms with Crippen molar-refractivity contribution in [3.8, 4) is 0 Å². The predicted octanol–water partition coefficient (Wildman–Crippen LogP) is 3.08. The lowest BCUT2D eigenvalue weighted by molar-refractivity contribution is -0.0342. The number of hydrogen-bond acceptors (Lipinski definition) is 3. The van der Waals surface area contributed by atoms with E-state index in [0.29, 0.717) is 29.2 Å². The first-order valence-corrected chi connectivity index (χ1v) is 9.88. The van der Waals surface area contributed by atoms with Crippen LogP contribution in [0.25, 0.3) is 0 Å². The first-order valence-electron chi connectivity index (χ1n) is 9.88. The van der Waals surface area contributed by atoms with Crippen molar-refractivity contribution in [3.05, 3.63) is 23.9 Å². The van der Waals surface area contributed by atoms with Gasteiger partial charge in [0.15, 0.2) is 0 Å². The lowest BCUT2D eigenvalue weighted by Crippen LogP contribution is -2.55. The zero-order valence-electron chi connectivity index (χ0n) is 15.7. The summed E-state index contributed by atoms with van der Waals surface area (Å²) in [7, 11) is 4.24. The molecule has 3 N–H and O–H groups in total. The van der Waals surface area contributed by atoms with Crippen LogP contribution in [-0.4, -0.2) is 31.3 Å². The normalized spacial score (nSPS) is 53.0.